The van der Waals surface area contributed by atoms with Crippen LogP contribution in [-0.2, 0) is 30.0 Å². The van der Waals surface area contributed by atoms with Crippen molar-refractivity contribution < 1.29 is 13.2 Å². The van der Waals surface area contributed by atoms with Crippen LogP contribution in [0.3, 0.4) is 0 Å². The average molecular weight is 454 g/mol. The van der Waals surface area contributed by atoms with Gasteiger partial charge in [0.15, 0.2) is 5.03 Å². The molecular formula is C25H31N3O3S. The quantitative estimate of drug-likeness (QED) is 0.520. The zero-order chi connectivity index (χ0) is 22.6. The van der Waals surface area contributed by atoms with Crippen molar-refractivity contribution in [2.75, 3.05) is 6.61 Å². The van der Waals surface area contributed by atoms with Crippen LogP contribution in [0.2, 0.25) is 0 Å². The highest BCUT2D eigenvalue weighted by atomic mass is 32.2. The number of unbranched alkanes of at least 4 members (excludes halogenated alkanes) is 1. The van der Waals surface area contributed by atoms with Crippen molar-refractivity contribution in [3.8, 4) is 5.75 Å². The third kappa shape index (κ3) is 5.22. The van der Waals surface area contributed by atoms with Gasteiger partial charge in [-0.05, 0) is 41.5 Å². The Bertz CT molecular complexity index is 1140. The molecule has 0 saturated heterocycles. The van der Waals surface area contributed by atoms with E-state index in [2.05, 4.69) is 47.0 Å². The normalized spacial score (nSPS) is 18.2. The topological polar surface area (TPSA) is 73.2 Å². The minimum Gasteiger partial charge on any atom is -0.493 e. The molecular weight excluding hydrogens is 422 g/mol. The van der Waals surface area contributed by atoms with Gasteiger partial charge in [0.25, 0.3) is 10.0 Å². The van der Waals surface area contributed by atoms with Crippen molar-refractivity contribution in [1.82, 2.24) is 14.3 Å². The van der Waals surface area contributed by atoms with Gasteiger partial charge in [0, 0.05) is 25.7 Å². The number of aromatic nitrogens is 2. The van der Waals surface area contributed by atoms with E-state index in [9.17, 15) is 8.42 Å². The lowest BCUT2D eigenvalue weighted by Crippen LogP contribution is -2.28. The van der Waals surface area contributed by atoms with E-state index in [1.807, 2.05) is 18.2 Å². The second kappa shape index (κ2) is 9.88. The number of sulfonamides is 1. The summed E-state index contributed by atoms with van der Waals surface area (Å²) in [5.74, 6) is 1.71. The molecule has 6 nitrogen and oxygen atoms in total. The van der Waals surface area contributed by atoms with E-state index in [0.29, 0.717) is 11.8 Å². The summed E-state index contributed by atoms with van der Waals surface area (Å²) < 4.78 is 35.6. The van der Waals surface area contributed by atoms with Gasteiger partial charge in [0.1, 0.15) is 5.75 Å². The molecule has 0 spiro atoms. The highest BCUT2D eigenvalue weighted by molar-refractivity contribution is 7.89. The van der Waals surface area contributed by atoms with Gasteiger partial charge < -0.3 is 9.30 Å². The van der Waals surface area contributed by atoms with Crippen LogP contribution in [0.4, 0.5) is 0 Å². The fourth-order valence-corrected chi connectivity index (χ4v) is 5.37. The van der Waals surface area contributed by atoms with Crippen LogP contribution in [0.5, 0.6) is 5.75 Å². The molecule has 0 aliphatic carbocycles. The molecule has 1 N–H and O–H groups in total. The summed E-state index contributed by atoms with van der Waals surface area (Å²) in [6.07, 6.45) is 7.40. The molecule has 2 aromatic carbocycles. The van der Waals surface area contributed by atoms with Gasteiger partial charge in [-0.3, -0.25) is 0 Å². The van der Waals surface area contributed by atoms with Gasteiger partial charge >= 0.3 is 0 Å². The number of imidazole rings is 1. The highest BCUT2D eigenvalue weighted by Gasteiger charge is 2.31. The molecule has 1 aromatic heterocycles. The van der Waals surface area contributed by atoms with Crippen molar-refractivity contribution in [2.45, 2.75) is 50.1 Å². The maximum atomic E-state index is 12.6. The number of hydrogen-bond acceptors (Lipinski definition) is 4. The summed E-state index contributed by atoms with van der Waals surface area (Å²) >= 11 is 0. The van der Waals surface area contributed by atoms with E-state index in [1.165, 1.54) is 30.1 Å². The Morgan fingerprint density at radius 3 is 2.69 bits per heavy atom. The molecule has 0 amide bonds. The predicted octanol–water partition coefficient (Wildman–Crippen LogP) is 4.42. The second-order valence-electron chi connectivity index (χ2n) is 8.58. The number of rotatable bonds is 9. The van der Waals surface area contributed by atoms with Crippen LogP contribution < -0.4 is 9.46 Å². The molecule has 0 saturated carbocycles. The molecule has 7 heteroatoms. The van der Waals surface area contributed by atoms with E-state index in [-0.39, 0.29) is 11.6 Å². The van der Waals surface area contributed by atoms with Crippen LogP contribution in [0.1, 0.15) is 48.8 Å². The first kappa shape index (κ1) is 22.6. The second-order valence-corrected chi connectivity index (χ2v) is 10.3. The van der Waals surface area contributed by atoms with Crippen LogP contribution in [-0.4, -0.2) is 24.6 Å². The number of nitrogens with zero attached hydrogens (tertiary/aromatic N) is 2. The molecule has 0 bridgehead atoms. The van der Waals surface area contributed by atoms with Gasteiger partial charge in [-0.2, -0.15) is 0 Å². The molecule has 4 rings (SSSR count). The molecule has 32 heavy (non-hydrogen) atoms. The summed E-state index contributed by atoms with van der Waals surface area (Å²) in [5, 5.41) is 0.0304. The largest absolute Gasteiger partial charge is 0.493 e. The van der Waals surface area contributed by atoms with Crippen molar-refractivity contribution in [3.05, 3.63) is 77.7 Å². The maximum absolute atomic E-state index is 12.6. The number of benzene rings is 2. The van der Waals surface area contributed by atoms with Crippen LogP contribution in [0.25, 0.3) is 0 Å². The Morgan fingerprint density at radius 1 is 1.16 bits per heavy atom. The lowest BCUT2D eigenvalue weighted by Gasteiger charge is -2.34. The lowest BCUT2D eigenvalue weighted by atomic mass is 9.77. The Kier molecular flexibility index (Phi) is 6.96. The SMILES string of the molecule is CCCCC1COc2ccc(CNS(=O)(=O)c3cn(C)cn3)cc2C1Cc1ccccc1. The van der Waals surface area contributed by atoms with Crippen LogP contribution >= 0.6 is 0 Å². The first-order valence-electron chi connectivity index (χ1n) is 11.2. The van der Waals surface area contributed by atoms with Crippen molar-refractivity contribution >= 4 is 10.0 Å². The molecule has 0 radical (unpaired) electrons. The van der Waals surface area contributed by atoms with Crippen molar-refractivity contribution in [2.24, 2.45) is 13.0 Å². The molecule has 3 aromatic rings. The van der Waals surface area contributed by atoms with E-state index < -0.39 is 10.0 Å². The van der Waals surface area contributed by atoms with Gasteiger partial charge in [-0.25, -0.2) is 18.1 Å². The molecule has 2 atom stereocenters. The predicted molar refractivity (Wildman–Crippen MR) is 125 cm³/mol. The fourth-order valence-electron chi connectivity index (χ4n) is 4.37. The Balaban J connectivity index is 1.57. The number of aryl methyl sites for hydroxylation is 1. The minimum absolute atomic E-state index is 0.0304. The molecule has 1 aliphatic rings. The molecule has 170 valence electrons. The summed E-state index contributed by atoms with van der Waals surface area (Å²) in [6, 6.07) is 16.6. The molecule has 2 heterocycles. The van der Waals surface area contributed by atoms with Gasteiger partial charge in [-0.15, -0.1) is 0 Å². The number of fused-ring (bicyclic) bond motifs is 1. The highest BCUT2D eigenvalue weighted by Crippen LogP contribution is 2.41. The summed E-state index contributed by atoms with van der Waals surface area (Å²) in [5.41, 5.74) is 3.41. The van der Waals surface area contributed by atoms with Gasteiger partial charge in [0.05, 0.1) is 12.9 Å². The standard InChI is InChI=1S/C25H31N3O3S/c1-3-4-10-21-17-31-24-12-11-20(15-27-32(29,30)25-16-28(2)18-26-25)14-23(24)22(21)13-19-8-6-5-7-9-19/h5-9,11-12,14,16,18,21-22,27H,3-4,10,13,15,17H2,1-2H3. The maximum Gasteiger partial charge on any atom is 0.259 e. The summed E-state index contributed by atoms with van der Waals surface area (Å²) in [6.45, 7) is 3.16. The number of nitrogens with one attached hydrogen (secondary N) is 1. The Labute approximate surface area is 190 Å². The first-order valence-corrected chi connectivity index (χ1v) is 12.7. The van der Waals surface area contributed by atoms with Crippen LogP contribution in [0.15, 0.2) is 66.1 Å². The molecule has 0 fully saturated rings. The van der Waals surface area contributed by atoms with Crippen LogP contribution in [0, 0.1) is 5.92 Å². The number of ether oxygens (including phenoxy) is 1. The van der Waals surface area contributed by atoms with Gasteiger partial charge in [0.2, 0.25) is 0 Å². The zero-order valence-corrected chi connectivity index (χ0v) is 19.5. The third-order valence-corrected chi connectivity index (χ3v) is 7.43. The lowest BCUT2D eigenvalue weighted by molar-refractivity contribution is 0.181. The van der Waals surface area contributed by atoms with Gasteiger partial charge in [-0.1, -0.05) is 62.2 Å². The third-order valence-electron chi connectivity index (χ3n) is 6.15. The number of hydrogen-bond donors (Lipinski definition) is 1. The summed E-state index contributed by atoms with van der Waals surface area (Å²) in [4.78, 5) is 3.96. The average Bonchev–Trinajstić information content (AvgIpc) is 3.25. The van der Waals surface area contributed by atoms with E-state index in [0.717, 1.165) is 37.2 Å². The Morgan fingerprint density at radius 2 is 1.97 bits per heavy atom. The Hall–Kier alpha value is -2.64. The van der Waals surface area contributed by atoms with Crippen molar-refractivity contribution in [3.63, 3.8) is 0 Å². The van der Waals surface area contributed by atoms with E-state index in [1.54, 1.807) is 11.6 Å². The summed E-state index contributed by atoms with van der Waals surface area (Å²) in [7, 11) is -1.91. The van der Waals surface area contributed by atoms with E-state index >= 15 is 0 Å². The zero-order valence-electron chi connectivity index (χ0n) is 18.7. The van der Waals surface area contributed by atoms with E-state index in [4.69, 9.17) is 4.74 Å². The fraction of sp³-hybridized carbons (Fsp3) is 0.400. The van der Waals surface area contributed by atoms with Crippen molar-refractivity contribution in [1.29, 1.82) is 0 Å². The monoisotopic (exact) mass is 453 g/mol. The minimum atomic E-state index is -3.66. The first-order chi connectivity index (χ1) is 15.5. The smallest absolute Gasteiger partial charge is 0.259 e. The molecule has 2 unspecified atom stereocenters. The molecule has 1 aliphatic heterocycles.